The summed E-state index contributed by atoms with van der Waals surface area (Å²) in [6.45, 7) is 2.31. The lowest BCUT2D eigenvalue weighted by Gasteiger charge is -2.08. The maximum absolute atomic E-state index is 13.0. The maximum atomic E-state index is 13.0. The molecule has 1 aromatic rings. The van der Waals surface area contributed by atoms with Crippen molar-refractivity contribution in [3.63, 3.8) is 0 Å². The molecule has 1 aromatic carbocycles. The molecule has 1 aliphatic rings. The molecule has 4 heteroatoms. The summed E-state index contributed by atoms with van der Waals surface area (Å²) in [5, 5.41) is 0. The summed E-state index contributed by atoms with van der Waals surface area (Å²) in [4.78, 5) is 4.07. The van der Waals surface area contributed by atoms with E-state index in [4.69, 9.17) is 10.5 Å². The minimum absolute atomic E-state index is 0.161. The van der Waals surface area contributed by atoms with Crippen molar-refractivity contribution in [2.24, 2.45) is 10.7 Å². The Morgan fingerprint density at radius 1 is 1.57 bits per heavy atom. The predicted octanol–water partition coefficient (Wildman–Crippen LogP) is 1.52. The van der Waals surface area contributed by atoms with E-state index in [-0.39, 0.29) is 17.9 Å². The van der Waals surface area contributed by atoms with Crippen LogP contribution in [0, 0.1) is 12.7 Å². The van der Waals surface area contributed by atoms with E-state index < -0.39 is 0 Å². The zero-order valence-corrected chi connectivity index (χ0v) is 7.83. The van der Waals surface area contributed by atoms with Gasteiger partial charge in [-0.3, -0.25) is 0 Å². The fraction of sp³-hybridized carbons (Fsp3) is 0.300. The van der Waals surface area contributed by atoms with Gasteiger partial charge in [0, 0.05) is 0 Å². The molecule has 0 spiro atoms. The first-order valence-electron chi connectivity index (χ1n) is 4.39. The molecule has 0 saturated carbocycles. The van der Waals surface area contributed by atoms with Crippen LogP contribution in [0.4, 0.5) is 4.39 Å². The molecule has 0 aromatic heterocycles. The smallest absolute Gasteiger partial charge is 0.282 e. The van der Waals surface area contributed by atoms with Crippen molar-refractivity contribution in [2.45, 2.75) is 13.0 Å². The molecule has 1 atom stereocenters. The second-order valence-electron chi connectivity index (χ2n) is 3.30. The lowest BCUT2D eigenvalue weighted by atomic mass is 10.0. The van der Waals surface area contributed by atoms with E-state index in [2.05, 4.69) is 4.99 Å². The molecule has 2 N–H and O–H groups in total. The number of hydrogen-bond donors (Lipinski definition) is 1. The molecule has 0 bridgehead atoms. The Kier molecular flexibility index (Phi) is 2.11. The second kappa shape index (κ2) is 3.29. The van der Waals surface area contributed by atoms with Gasteiger partial charge in [-0.05, 0) is 30.2 Å². The van der Waals surface area contributed by atoms with E-state index in [1.54, 1.807) is 6.07 Å². The van der Waals surface area contributed by atoms with Gasteiger partial charge in [-0.2, -0.15) is 0 Å². The fourth-order valence-corrected chi connectivity index (χ4v) is 1.52. The summed E-state index contributed by atoms with van der Waals surface area (Å²) in [6.07, 6.45) is 0. The minimum atomic E-state index is -0.258. The topological polar surface area (TPSA) is 47.6 Å². The van der Waals surface area contributed by atoms with Gasteiger partial charge in [0.15, 0.2) is 0 Å². The summed E-state index contributed by atoms with van der Waals surface area (Å²) in [6, 6.07) is 4.66. The first-order valence-corrected chi connectivity index (χ1v) is 4.39. The third-order valence-corrected chi connectivity index (χ3v) is 2.27. The minimum Gasteiger partial charge on any atom is -0.463 e. The number of aliphatic imine (C=N–C) groups is 1. The molecular formula is C10H11FN2O. The molecule has 3 nitrogen and oxygen atoms in total. The van der Waals surface area contributed by atoms with Crippen molar-refractivity contribution in [3.05, 3.63) is 35.1 Å². The third kappa shape index (κ3) is 1.55. The number of rotatable bonds is 1. The fourth-order valence-electron chi connectivity index (χ4n) is 1.52. The van der Waals surface area contributed by atoms with Crippen molar-refractivity contribution in [3.8, 4) is 0 Å². The Morgan fingerprint density at radius 3 is 3.00 bits per heavy atom. The summed E-state index contributed by atoms with van der Waals surface area (Å²) in [7, 11) is 0. The standard InChI is InChI=1S/C10H11FN2O/c1-6-2-3-7(11)4-8(6)9-5-14-10(12)13-9/h2-4,9H,5H2,1H3,(H2,12,13)/t9-/m0/s1. The van der Waals surface area contributed by atoms with Crippen LogP contribution in [-0.4, -0.2) is 12.6 Å². The average Bonchev–Trinajstić information content (AvgIpc) is 2.56. The number of nitrogens with two attached hydrogens (primary N) is 1. The number of aryl methyl sites for hydroxylation is 1. The maximum Gasteiger partial charge on any atom is 0.282 e. The lowest BCUT2D eigenvalue weighted by molar-refractivity contribution is 0.314. The quantitative estimate of drug-likeness (QED) is 0.736. The molecular weight excluding hydrogens is 183 g/mol. The predicted molar refractivity (Wildman–Crippen MR) is 51.5 cm³/mol. The Morgan fingerprint density at radius 2 is 2.36 bits per heavy atom. The molecule has 14 heavy (non-hydrogen) atoms. The SMILES string of the molecule is Cc1ccc(F)cc1[C@@H]1COC(N)=N1. The van der Waals surface area contributed by atoms with E-state index >= 15 is 0 Å². The average molecular weight is 194 g/mol. The van der Waals surface area contributed by atoms with Crippen LogP contribution in [-0.2, 0) is 4.74 Å². The zero-order chi connectivity index (χ0) is 10.1. The van der Waals surface area contributed by atoms with Gasteiger partial charge in [-0.1, -0.05) is 6.07 Å². The summed E-state index contributed by atoms with van der Waals surface area (Å²) in [5.74, 6) is -0.258. The summed E-state index contributed by atoms with van der Waals surface area (Å²) < 4.78 is 18.0. The van der Waals surface area contributed by atoms with Crippen LogP contribution in [0.1, 0.15) is 17.2 Å². The first-order chi connectivity index (χ1) is 6.66. The van der Waals surface area contributed by atoms with Gasteiger partial charge in [0.25, 0.3) is 6.02 Å². The Hall–Kier alpha value is -1.58. The molecule has 1 heterocycles. The summed E-state index contributed by atoms with van der Waals surface area (Å²) >= 11 is 0. The van der Waals surface area contributed by atoms with Crippen molar-refractivity contribution >= 4 is 6.02 Å². The first kappa shape index (κ1) is 8.99. The highest BCUT2D eigenvalue weighted by atomic mass is 19.1. The highest BCUT2D eigenvalue weighted by Gasteiger charge is 2.20. The molecule has 0 amide bonds. The largest absolute Gasteiger partial charge is 0.463 e. The van der Waals surface area contributed by atoms with Crippen LogP contribution in [0.15, 0.2) is 23.2 Å². The molecule has 2 rings (SSSR count). The van der Waals surface area contributed by atoms with E-state index in [9.17, 15) is 4.39 Å². The molecule has 0 radical (unpaired) electrons. The lowest BCUT2D eigenvalue weighted by Crippen LogP contribution is -2.10. The van der Waals surface area contributed by atoms with E-state index in [0.29, 0.717) is 6.61 Å². The number of nitrogens with zero attached hydrogens (tertiary/aromatic N) is 1. The van der Waals surface area contributed by atoms with Crippen molar-refractivity contribution in [2.75, 3.05) is 6.61 Å². The van der Waals surface area contributed by atoms with Crippen LogP contribution in [0.5, 0.6) is 0 Å². The van der Waals surface area contributed by atoms with Crippen LogP contribution in [0.3, 0.4) is 0 Å². The van der Waals surface area contributed by atoms with Gasteiger partial charge in [0.2, 0.25) is 0 Å². The van der Waals surface area contributed by atoms with E-state index in [0.717, 1.165) is 11.1 Å². The van der Waals surface area contributed by atoms with Gasteiger partial charge in [0.05, 0.1) is 0 Å². The van der Waals surface area contributed by atoms with Crippen molar-refractivity contribution in [1.29, 1.82) is 0 Å². The van der Waals surface area contributed by atoms with Gasteiger partial charge < -0.3 is 10.5 Å². The Balaban J connectivity index is 2.36. The highest BCUT2D eigenvalue weighted by Crippen LogP contribution is 2.25. The van der Waals surface area contributed by atoms with E-state index in [1.807, 2.05) is 6.92 Å². The molecule has 0 unspecified atom stereocenters. The Bertz CT molecular complexity index is 390. The van der Waals surface area contributed by atoms with E-state index in [1.165, 1.54) is 12.1 Å². The third-order valence-electron chi connectivity index (χ3n) is 2.27. The van der Waals surface area contributed by atoms with Crippen LogP contribution >= 0.6 is 0 Å². The number of hydrogen-bond acceptors (Lipinski definition) is 3. The Labute approximate surface area is 81.4 Å². The monoisotopic (exact) mass is 194 g/mol. The highest BCUT2D eigenvalue weighted by molar-refractivity contribution is 5.73. The van der Waals surface area contributed by atoms with Gasteiger partial charge in [-0.15, -0.1) is 0 Å². The van der Waals surface area contributed by atoms with Crippen LogP contribution in [0.25, 0.3) is 0 Å². The molecule has 74 valence electrons. The summed E-state index contributed by atoms with van der Waals surface area (Å²) in [5.41, 5.74) is 7.22. The zero-order valence-electron chi connectivity index (χ0n) is 7.83. The van der Waals surface area contributed by atoms with Gasteiger partial charge in [0.1, 0.15) is 18.5 Å². The van der Waals surface area contributed by atoms with Gasteiger partial charge in [-0.25, -0.2) is 9.38 Å². The van der Waals surface area contributed by atoms with Crippen molar-refractivity contribution < 1.29 is 9.13 Å². The number of ether oxygens (including phenoxy) is 1. The van der Waals surface area contributed by atoms with Crippen LogP contribution in [0.2, 0.25) is 0 Å². The van der Waals surface area contributed by atoms with Crippen LogP contribution < -0.4 is 5.73 Å². The number of benzene rings is 1. The second-order valence-corrected chi connectivity index (χ2v) is 3.30. The van der Waals surface area contributed by atoms with Crippen molar-refractivity contribution in [1.82, 2.24) is 0 Å². The number of halogens is 1. The molecule has 0 saturated heterocycles. The molecule has 0 aliphatic carbocycles. The normalized spacial score (nSPS) is 20.4. The molecule has 1 aliphatic heterocycles. The molecule has 0 fully saturated rings. The van der Waals surface area contributed by atoms with Gasteiger partial charge >= 0.3 is 0 Å². The number of amidine groups is 1.